The largest absolute Gasteiger partial charge is 0.484 e. The smallest absolute Gasteiger partial charge is 0.323 e. The number of rotatable bonds is 5. The number of carbonyl (C=O) groups excluding carboxylic acids is 1. The lowest BCUT2D eigenvalue weighted by atomic mass is 9.96. The first-order valence-electron chi connectivity index (χ1n) is 10.3. The molecular formula is C23H23N3O4. The van der Waals surface area contributed by atoms with E-state index in [1.54, 1.807) is 0 Å². The number of aryl methyl sites for hydroxylation is 2. The van der Waals surface area contributed by atoms with Crippen LogP contribution in [0.1, 0.15) is 42.7 Å². The van der Waals surface area contributed by atoms with Crippen molar-refractivity contribution in [3.05, 3.63) is 63.8 Å². The normalized spacial score (nSPS) is 14.6. The molecule has 3 N–H and O–H groups in total. The first-order chi connectivity index (χ1) is 14.6. The fourth-order valence-electron chi connectivity index (χ4n) is 4.17. The summed E-state index contributed by atoms with van der Waals surface area (Å²) in [6.07, 6.45) is 4.36. The Morgan fingerprint density at radius 2 is 1.97 bits per heavy atom. The topological polar surface area (TPSA) is 100 Å². The highest BCUT2D eigenvalue weighted by Gasteiger charge is 2.18. The van der Waals surface area contributed by atoms with E-state index >= 15 is 0 Å². The summed E-state index contributed by atoms with van der Waals surface area (Å²) in [5.41, 5.74) is 4.26. The molecule has 0 saturated heterocycles. The summed E-state index contributed by atoms with van der Waals surface area (Å²) in [6, 6.07) is 11.1. The number of amides is 1. The Labute approximate surface area is 172 Å². The lowest BCUT2D eigenvalue weighted by Crippen LogP contribution is -2.31. The lowest BCUT2D eigenvalue weighted by Gasteiger charge is -2.15. The number of aromatic amines is 2. The Morgan fingerprint density at radius 3 is 2.87 bits per heavy atom. The summed E-state index contributed by atoms with van der Waals surface area (Å²) < 4.78 is 11.7. The molecule has 30 heavy (non-hydrogen) atoms. The predicted molar refractivity (Wildman–Crippen MR) is 114 cm³/mol. The van der Waals surface area contributed by atoms with E-state index in [2.05, 4.69) is 15.3 Å². The molecule has 0 saturated carbocycles. The van der Waals surface area contributed by atoms with Gasteiger partial charge in [-0.1, -0.05) is 6.07 Å². The Kier molecular flexibility index (Phi) is 4.58. The van der Waals surface area contributed by atoms with E-state index in [1.165, 1.54) is 18.4 Å². The second-order valence-corrected chi connectivity index (χ2v) is 7.83. The van der Waals surface area contributed by atoms with Crippen LogP contribution >= 0.6 is 0 Å². The summed E-state index contributed by atoms with van der Waals surface area (Å²) in [5.74, 6) is 1.53. The van der Waals surface area contributed by atoms with Gasteiger partial charge in [0.2, 0.25) is 0 Å². The third-order valence-corrected chi connectivity index (χ3v) is 5.71. The van der Waals surface area contributed by atoms with Gasteiger partial charge >= 0.3 is 5.69 Å². The third kappa shape index (κ3) is 3.47. The number of fused-ring (bicyclic) bond motifs is 4. The third-order valence-electron chi connectivity index (χ3n) is 5.71. The lowest BCUT2D eigenvalue weighted by molar-refractivity contribution is -0.123. The first kappa shape index (κ1) is 18.5. The molecule has 4 aromatic rings. The van der Waals surface area contributed by atoms with E-state index in [0.29, 0.717) is 11.3 Å². The minimum atomic E-state index is -0.247. The maximum Gasteiger partial charge on any atom is 0.323 e. The van der Waals surface area contributed by atoms with Gasteiger partial charge in [-0.2, -0.15) is 0 Å². The fourth-order valence-corrected chi connectivity index (χ4v) is 4.17. The molecule has 5 rings (SSSR count). The highest BCUT2D eigenvalue weighted by molar-refractivity contribution is 5.84. The van der Waals surface area contributed by atoms with Gasteiger partial charge in [-0.05, 0) is 62.1 Å². The molecule has 0 fully saturated rings. The molecule has 1 amide bonds. The second-order valence-electron chi connectivity index (χ2n) is 7.83. The number of carbonyl (C=O) groups is 1. The van der Waals surface area contributed by atoms with Gasteiger partial charge in [0.1, 0.15) is 17.1 Å². The van der Waals surface area contributed by atoms with Crippen LogP contribution in [0.5, 0.6) is 5.75 Å². The van der Waals surface area contributed by atoms with Crippen LogP contribution in [0.15, 0.2) is 45.6 Å². The minimum absolute atomic E-state index is 0.0703. The van der Waals surface area contributed by atoms with Gasteiger partial charge in [-0.25, -0.2) is 4.79 Å². The number of aromatic nitrogens is 2. The Bertz CT molecular complexity index is 1300. The van der Waals surface area contributed by atoms with E-state index in [-0.39, 0.29) is 24.2 Å². The van der Waals surface area contributed by atoms with Gasteiger partial charge < -0.3 is 24.4 Å². The van der Waals surface area contributed by atoms with Gasteiger partial charge in [-0.15, -0.1) is 0 Å². The molecule has 0 bridgehead atoms. The van der Waals surface area contributed by atoms with Gasteiger partial charge in [0.15, 0.2) is 6.61 Å². The van der Waals surface area contributed by atoms with Crippen molar-refractivity contribution in [2.75, 3.05) is 6.61 Å². The van der Waals surface area contributed by atoms with Crippen molar-refractivity contribution in [3.63, 3.8) is 0 Å². The number of nitrogens with one attached hydrogen (secondary N) is 3. The van der Waals surface area contributed by atoms with Crippen LogP contribution in [0, 0.1) is 0 Å². The number of imidazole rings is 1. The summed E-state index contributed by atoms with van der Waals surface area (Å²) in [5, 5.41) is 4.02. The van der Waals surface area contributed by atoms with Crippen LogP contribution in [0.25, 0.3) is 22.0 Å². The Balaban J connectivity index is 1.24. The van der Waals surface area contributed by atoms with Crippen molar-refractivity contribution in [3.8, 4) is 5.75 Å². The quantitative estimate of drug-likeness (QED) is 0.471. The average Bonchev–Trinajstić information content (AvgIpc) is 3.30. The van der Waals surface area contributed by atoms with Crippen molar-refractivity contribution in [1.29, 1.82) is 0 Å². The summed E-state index contributed by atoms with van der Waals surface area (Å²) in [4.78, 5) is 29.2. The molecule has 2 heterocycles. The number of benzene rings is 2. The number of ether oxygens (including phenoxy) is 1. The summed E-state index contributed by atoms with van der Waals surface area (Å²) in [7, 11) is 0. The highest BCUT2D eigenvalue weighted by Crippen LogP contribution is 2.33. The molecule has 154 valence electrons. The van der Waals surface area contributed by atoms with Crippen molar-refractivity contribution in [2.45, 2.75) is 38.6 Å². The van der Waals surface area contributed by atoms with Gasteiger partial charge in [0.25, 0.3) is 5.91 Å². The molecule has 7 nitrogen and oxygen atoms in total. The molecule has 2 aromatic carbocycles. The van der Waals surface area contributed by atoms with Crippen molar-refractivity contribution < 1.29 is 13.9 Å². The van der Waals surface area contributed by atoms with E-state index in [4.69, 9.17) is 9.15 Å². The number of H-pyrrole nitrogens is 2. The van der Waals surface area contributed by atoms with Crippen molar-refractivity contribution in [2.24, 2.45) is 0 Å². The molecular weight excluding hydrogens is 382 g/mol. The zero-order chi connectivity index (χ0) is 20.7. The zero-order valence-corrected chi connectivity index (χ0v) is 16.7. The van der Waals surface area contributed by atoms with Gasteiger partial charge in [0.05, 0.1) is 17.1 Å². The van der Waals surface area contributed by atoms with E-state index in [1.807, 2.05) is 43.3 Å². The zero-order valence-electron chi connectivity index (χ0n) is 16.7. The molecule has 7 heteroatoms. The number of hydrogen-bond donors (Lipinski definition) is 3. The monoisotopic (exact) mass is 405 g/mol. The average molecular weight is 405 g/mol. The van der Waals surface area contributed by atoms with E-state index in [9.17, 15) is 9.59 Å². The maximum absolute atomic E-state index is 12.4. The van der Waals surface area contributed by atoms with Gasteiger partial charge in [-0.3, -0.25) is 4.79 Å². The molecule has 1 aliphatic rings. The van der Waals surface area contributed by atoms with Crippen LogP contribution < -0.4 is 15.7 Å². The highest BCUT2D eigenvalue weighted by atomic mass is 16.5. The minimum Gasteiger partial charge on any atom is -0.484 e. The first-order valence-corrected chi connectivity index (χ1v) is 10.3. The molecule has 0 radical (unpaired) electrons. The summed E-state index contributed by atoms with van der Waals surface area (Å²) in [6.45, 7) is 1.83. The Morgan fingerprint density at radius 1 is 1.13 bits per heavy atom. The van der Waals surface area contributed by atoms with Crippen LogP contribution in [0.2, 0.25) is 0 Å². The fraction of sp³-hybridized carbons (Fsp3) is 0.304. The molecule has 0 spiro atoms. The van der Waals surface area contributed by atoms with Gasteiger partial charge in [0, 0.05) is 17.4 Å². The Hall–Kier alpha value is -3.48. The standard InChI is InChI=1S/C23H23N3O4/c1-13(14-6-8-18-19(10-14)26-23(28)25-18)24-22(27)12-29-15-7-9-21-17(11-15)16-4-2-3-5-20(16)30-21/h6-11,13H,2-5,12H2,1H3,(H,24,27)(H2,25,26,28). The van der Waals surface area contributed by atoms with Crippen LogP contribution in [-0.2, 0) is 17.6 Å². The van der Waals surface area contributed by atoms with E-state index in [0.717, 1.165) is 40.7 Å². The SMILES string of the molecule is CC(NC(=O)COc1ccc2oc3c(c2c1)CCCC3)c1ccc2[nH]c(=O)[nH]c2c1. The molecule has 2 aromatic heterocycles. The van der Waals surface area contributed by atoms with Crippen molar-refractivity contribution >= 4 is 27.9 Å². The molecule has 1 atom stereocenters. The maximum atomic E-state index is 12.4. The molecule has 1 aliphatic carbocycles. The van der Waals surface area contributed by atoms with Crippen LogP contribution in [0.4, 0.5) is 0 Å². The number of furan rings is 1. The predicted octanol–water partition coefficient (Wildman–Crippen LogP) is 3.74. The summed E-state index contributed by atoms with van der Waals surface area (Å²) >= 11 is 0. The van der Waals surface area contributed by atoms with Crippen LogP contribution in [0.3, 0.4) is 0 Å². The number of hydrogen-bond acceptors (Lipinski definition) is 4. The second kappa shape index (κ2) is 7.40. The van der Waals surface area contributed by atoms with Crippen LogP contribution in [-0.4, -0.2) is 22.5 Å². The molecule has 0 aliphatic heterocycles. The van der Waals surface area contributed by atoms with Crippen molar-refractivity contribution in [1.82, 2.24) is 15.3 Å². The molecule has 1 unspecified atom stereocenters. The van der Waals surface area contributed by atoms with E-state index < -0.39 is 0 Å².